The molecule has 2 rings (SSSR count). The zero-order valence-electron chi connectivity index (χ0n) is 8.05. The summed E-state index contributed by atoms with van der Waals surface area (Å²) in [5, 5.41) is 3.45. The molecular formula is C10H20N2. The lowest BCUT2D eigenvalue weighted by molar-refractivity contribution is 0.216. The number of likely N-dealkylation sites (tertiary alicyclic amines) is 1. The molecule has 70 valence electrons. The van der Waals surface area contributed by atoms with Crippen LogP contribution in [0.3, 0.4) is 0 Å². The second-order valence-electron chi connectivity index (χ2n) is 4.14. The van der Waals surface area contributed by atoms with Crippen molar-refractivity contribution in [1.82, 2.24) is 10.2 Å². The average molecular weight is 168 g/mol. The maximum Gasteiger partial charge on any atom is 0.0249 e. The third-order valence-corrected chi connectivity index (χ3v) is 3.46. The summed E-state index contributed by atoms with van der Waals surface area (Å²) < 4.78 is 0. The number of likely N-dealkylation sites (N-methyl/N-ethyl adjacent to an activating group) is 1. The fraction of sp³-hybridized carbons (Fsp3) is 1.00. The molecule has 0 spiro atoms. The first-order chi connectivity index (χ1) is 5.92. The highest BCUT2D eigenvalue weighted by Gasteiger charge is 2.31. The highest BCUT2D eigenvalue weighted by molar-refractivity contribution is 4.90. The molecule has 1 N–H and O–H groups in total. The van der Waals surface area contributed by atoms with Gasteiger partial charge >= 0.3 is 0 Å². The Labute approximate surface area is 75.3 Å². The van der Waals surface area contributed by atoms with Gasteiger partial charge in [-0.2, -0.15) is 0 Å². The molecule has 2 aliphatic rings. The van der Waals surface area contributed by atoms with Crippen LogP contribution in [0.4, 0.5) is 0 Å². The van der Waals surface area contributed by atoms with Gasteiger partial charge in [-0.25, -0.2) is 0 Å². The quantitative estimate of drug-likeness (QED) is 0.667. The molecule has 0 radical (unpaired) electrons. The minimum atomic E-state index is 0.781. The van der Waals surface area contributed by atoms with Crippen LogP contribution in [-0.2, 0) is 0 Å². The number of hydrogen-bond donors (Lipinski definition) is 1. The first-order valence-corrected chi connectivity index (χ1v) is 5.33. The van der Waals surface area contributed by atoms with Gasteiger partial charge in [-0.15, -0.1) is 0 Å². The van der Waals surface area contributed by atoms with E-state index in [0.717, 1.165) is 12.1 Å². The monoisotopic (exact) mass is 168 g/mol. The fourth-order valence-corrected chi connectivity index (χ4v) is 2.79. The van der Waals surface area contributed by atoms with E-state index in [9.17, 15) is 0 Å². The molecule has 0 aromatic heterocycles. The van der Waals surface area contributed by atoms with Gasteiger partial charge in [0.15, 0.2) is 0 Å². The predicted octanol–water partition coefficient (Wildman–Crippen LogP) is 1.22. The van der Waals surface area contributed by atoms with Crippen LogP contribution in [0.2, 0.25) is 0 Å². The molecule has 0 bridgehead atoms. The Bertz CT molecular complexity index is 141. The van der Waals surface area contributed by atoms with Crippen LogP contribution < -0.4 is 5.32 Å². The van der Waals surface area contributed by atoms with Crippen molar-refractivity contribution in [2.24, 2.45) is 0 Å². The van der Waals surface area contributed by atoms with E-state index in [2.05, 4.69) is 17.3 Å². The van der Waals surface area contributed by atoms with Crippen molar-refractivity contribution in [3.05, 3.63) is 0 Å². The highest BCUT2D eigenvalue weighted by atomic mass is 15.2. The maximum atomic E-state index is 3.45. The Balaban J connectivity index is 1.92. The van der Waals surface area contributed by atoms with Crippen molar-refractivity contribution in [3.63, 3.8) is 0 Å². The largest absolute Gasteiger partial charge is 0.315 e. The maximum absolute atomic E-state index is 3.45. The summed E-state index contributed by atoms with van der Waals surface area (Å²) in [6.07, 6.45) is 7.08. The lowest BCUT2D eigenvalue weighted by Crippen LogP contribution is -2.44. The molecule has 1 aliphatic carbocycles. The first kappa shape index (κ1) is 8.52. The van der Waals surface area contributed by atoms with Gasteiger partial charge in [-0.1, -0.05) is 6.42 Å². The van der Waals surface area contributed by atoms with Crippen LogP contribution in [-0.4, -0.2) is 37.1 Å². The Morgan fingerprint density at radius 2 is 1.83 bits per heavy atom. The van der Waals surface area contributed by atoms with Crippen LogP contribution in [0.5, 0.6) is 0 Å². The van der Waals surface area contributed by atoms with Crippen molar-refractivity contribution in [2.75, 3.05) is 20.1 Å². The highest BCUT2D eigenvalue weighted by Crippen LogP contribution is 2.26. The standard InChI is InChI=1S/C10H20N2/c1-11-9-5-4-6-10(9)12-7-2-3-8-12/h9-11H,2-8H2,1H3/t9-,10+/m1/s1. The second kappa shape index (κ2) is 3.75. The Morgan fingerprint density at radius 3 is 2.50 bits per heavy atom. The van der Waals surface area contributed by atoms with Gasteiger partial charge in [0.1, 0.15) is 0 Å². The number of nitrogens with zero attached hydrogens (tertiary/aromatic N) is 1. The van der Waals surface area contributed by atoms with Gasteiger partial charge < -0.3 is 5.32 Å². The molecule has 1 saturated carbocycles. The average Bonchev–Trinajstić information content (AvgIpc) is 2.74. The van der Waals surface area contributed by atoms with Crippen molar-refractivity contribution in [1.29, 1.82) is 0 Å². The zero-order chi connectivity index (χ0) is 8.39. The molecule has 2 fully saturated rings. The molecule has 0 aromatic carbocycles. The van der Waals surface area contributed by atoms with Crippen molar-refractivity contribution in [2.45, 2.75) is 44.2 Å². The van der Waals surface area contributed by atoms with Gasteiger partial charge in [0.2, 0.25) is 0 Å². The number of nitrogens with one attached hydrogen (secondary N) is 1. The second-order valence-corrected chi connectivity index (χ2v) is 4.14. The van der Waals surface area contributed by atoms with E-state index in [4.69, 9.17) is 0 Å². The van der Waals surface area contributed by atoms with Crippen LogP contribution in [0.1, 0.15) is 32.1 Å². The third kappa shape index (κ3) is 1.50. The lowest BCUT2D eigenvalue weighted by Gasteiger charge is -2.28. The van der Waals surface area contributed by atoms with Crippen molar-refractivity contribution >= 4 is 0 Å². The van der Waals surface area contributed by atoms with Crippen molar-refractivity contribution < 1.29 is 0 Å². The lowest BCUT2D eigenvalue weighted by atomic mass is 10.1. The Hall–Kier alpha value is -0.0800. The fourth-order valence-electron chi connectivity index (χ4n) is 2.79. The van der Waals surface area contributed by atoms with E-state index in [1.54, 1.807) is 0 Å². The van der Waals surface area contributed by atoms with Gasteiger partial charge in [0.25, 0.3) is 0 Å². The molecule has 0 amide bonds. The Morgan fingerprint density at radius 1 is 1.08 bits per heavy atom. The molecule has 0 unspecified atom stereocenters. The number of hydrogen-bond acceptors (Lipinski definition) is 2. The summed E-state index contributed by atoms with van der Waals surface area (Å²) in [6.45, 7) is 2.70. The predicted molar refractivity (Wildman–Crippen MR) is 51.3 cm³/mol. The molecule has 12 heavy (non-hydrogen) atoms. The first-order valence-electron chi connectivity index (χ1n) is 5.33. The van der Waals surface area contributed by atoms with Gasteiger partial charge in [0.05, 0.1) is 0 Å². The van der Waals surface area contributed by atoms with Crippen LogP contribution in [0, 0.1) is 0 Å². The summed E-state index contributed by atoms with van der Waals surface area (Å²) >= 11 is 0. The SMILES string of the molecule is CN[C@@H]1CCC[C@@H]1N1CCCC1. The van der Waals surface area contributed by atoms with Crippen LogP contribution >= 0.6 is 0 Å². The Kier molecular flexibility index (Phi) is 2.66. The van der Waals surface area contributed by atoms with E-state index >= 15 is 0 Å². The molecule has 0 aromatic rings. The van der Waals surface area contributed by atoms with E-state index in [-0.39, 0.29) is 0 Å². The van der Waals surface area contributed by atoms with Gasteiger partial charge in [-0.3, -0.25) is 4.90 Å². The van der Waals surface area contributed by atoms with Crippen molar-refractivity contribution in [3.8, 4) is 0 Å². The molecule has 2 heteroatoms. The summed E-state index contributed by atoms with van der Waals surface area (Å²) in [7, 11) is 2.11. The smallest absolute Gasteiger partial charge is 0.0249 e. The molecule has 2 atom stereocenters. The summed E-state index contributed by atoms with van der Waals surface area (Å²) in [4.78, 5) is 2.69. The van der Waals surface area contributed by atoms with Crippen LogP contribution in [0.15, 0.2) is 0 Å². The van der Waals surface area contributed by atoms with Crippen LogP contribution in [0.25, 0.3) is 0 Å². The third-order valence-electron chi connectivity index (χ3n) is 3.46. The number of rotatable bonds is 2. The molecular weight excluding hydrogens is 148 g/mol. The topological polar surface area (TPSA) is 15.3 Å². The molecule has 2 nitrogen and oxygen atoms in total. The van der Waals surface area contributed by atoms with Gasteiger partial charge in [-0.05, 0) is 45.8 Å². The van der Waals surface area contributed by atoms with E-state index in [1.807, 2.05) is 0 Å². The minimum absolute atomic E-state index is 0.781. The van der Waals surface area contributed by atoms with E-state index in [1.165, 1.54) is 45.2 Å². The van der Waals surface area contributed by atoms with E-state index in [0.29, 0.717) is 0 Å². The summed E-state index contributed by atoms with van der Waals surface area (Å²) in [5.74, 6) is 0. The summed E-state index contributed by atoms with van der Waals surface area (Å²) in [5.41, 5.74) is 0. The summed E-state index contributed by atoms with van der Waals surface area (Å²) in [6, 6.07) is 1.64. The normalized spacial score (nSPS) is 37.8. The molecule has 1 heterocycles. The molecule has 1 saturated heterocycles. The minimum Gasteiger partial charge on any atom is -0.315 e. The van der Waals surface area contributed by atoms with Gasteiger partial charge in [0, 0.05) is 12.1 Å². The molecule has 1 aliphatic heterocycles. The van der Waals surface area contributed by atoms with E-state index < -0.39 is 0 Å². The zero-order valence-corrected chi connectivity index (χ0v) is 8.05.